The van der Waals surface area contributed by atoms with Crippen molar-refractivity contribution in [3.63, 3.8) is 0 Å². The van der Waals surface area contributed by atoms with E-state index in [1.807, 2.05) is 0 Å². The lowest BCUT2D eigenvalue weighted by Gasteiger charge is -2.29. The average molecular weight is 249 g/mol. The van der Waals surface area contributed by atoms with Gasteiger partial charge in [-0.2, -0.15) is 0 Å². The summed E-state index contributed by atoms with van der Waals surface area (Å²) in [6.45, 7) is 4.44. The monoisotopic (exact) mass is 249 g/mol. The van der Waals surface area contributed by atoms with Crippen LogP contribution in [0.1, 0.15) is 30.1 Å². The summed E-state index contributed by atoms with van der Waals surface area (Å²) in [6, 6.07) is 4.09. The fourth-order valence-electron chi connectivity index (χ4n) is 2.26. The number of piperidine rings is 1. The van der Waals surface area contributed by atoms with Crippen molar-refractivity contribution < 1.29 is 15.0 Å². The first-order valence-electron chi connectivity index (χ1n) is 6.34. The summed E-state index contributed by atoms with van der Waals surface area (Å²) in [4.78, 5) is 14.2. The molecule has 0 saturated carbocycles. The molecule has 2 N–H and O–H groups in total. The van der Waals surface area contributed by atoms with Crippen molar-refractivity contribution in [2.45, 2.75) is 19.8 Å². The Balaban J connectivity index is 1.99. The standard InChI is InChI=1S/C14H19NO3/c1-10-4-6-15(7-5-10)9-14(18)12-3-2-11(16)8-13(12)17/h2-3,8,10,16-17H,4-7,9H2,1H3. The fraction of sp³-hybridized carbons (Fsp3) is 0.500. The molecule has 0 unspecified atom stereocenters. The Labute approximate surface area is 107 Å². The lowest BCUT2D eigenvalue weighted by atomic mass is 9.98. The average Bonchev–Trinajstić information content (AvgIpc) is 2.32. The number of hydrogen-bond donors (Lipinski definition) is 2. The molecule has 0 spiro atoms. The van der Waals surface area contributed by atoms with Crippen LogP contribution in [0, 0.1) is 5.92 Å². The van der Waals surface area contributed by atoms with Crippen LogP contribution in [-0.2, 0) is 0 Å². The van der Waals surface area contributed by atoms with E-state index in [1.54, 1.807) is 0 Å². The molecule has 1 aromatic rings. The molecule has 18 heavy (non-hydrogen) atoms. The SMILES string of the molecule is CC1CCN(CC(=O)c2ccc(O)cc2O)CC1. The Morgan fingerprint density at radius 2 is 2.00 bits per heavy atom. The third kappa shape index (κ3) is 3.01. The molecule has 4 nitrogen and oxygen atoms in total. The molecule has 1 fully saturated rings. The van der Waals surface area contributed by atoms with Crippen LogP contribution in [-0.4, -0.2) is 40.5 Å². The number of phenolic OH excluding ortho intramolecular Hbond substituents is 2. The zero-order valence-corrected chi connectivity index (χ0v) is 10.6. The number of rotatable bonds is 3. The van der Waals surface area contributed by atoms with Crippen LogP contribution < -0.4 is 0 Å². The Morgan fingerprint density at radius 3 is 2.61 bits per heavy atom. The summed E-state index contributed by atoms with van der Waals surface area (Å²) in [5, 5.41) is 18.8. The minimum absolute atomic E-state index is 0.0316. The normalized spacial score (nSPS) is 17.8. The first-order valence-corrected chi connectivity index (χ1v) is 6.34. The van der Waals surface area contributed by atoms with Gasteiger partial charge in [0.05, 0.1) is 12.1 Å². The van der Waals surface area contributed by atoms with Crippen LogP contribution in [0.4, 0.5) is 0 Å². The van der Waals surface area contributed by atoms with Crippen LogP contribution in [0.25, 0.3) is 0 Å². The number of hydrogen-bond acceptors (Lipinski definition) is 4. The summed E-state index contributed by atoms with van der Waals surface area (Å²) >= 11 is 0. The van der Waals surface area contributed by atoms with Crippen LogP contribution in [0.2, 0.25) is 0 Å². The first kappa shape index (κ1) is 12.9. The number of aromatic hydroxyl groups is 2. The van der Waals surface area contributed by atoms with E-state index in [4.69, 9.17) is 0 Å². The molecular weight excluding hydrogens is 230 g/mol. The van der Waals surface area contributed by atoms with Gasteiger partial charge < -0.3 is 10.2 Å². The highest BCUT2D eigenvalue weighted by Crippen LogP contribution is 2.24. The molecule has 98 valence electrons. The van der Waals surface area contributed by atoms with Crippen molar-refractivity contribution in [3.05, 3.63) is 23.8 Å². The van der Waals surface area contributed by atoms with Gasteiger partial charge in [-0.15, -0.1) is 0 Å². The summed E-state index contributed by atoms with van der Waals surface area (Å²) in [7, 11) is 0. The minimum atomic E-state index is -0.148. The number of nitrogens with zero attached hydrogens (tertiary/aromatic N) is 1. The Kier molecular flexibility index (Phi) is 3.87. The maximum atomic E-state index is 12.0. The van der Waals surface area contributed by atoms with E-state index in [0.717, 1.165) is 31.8 Å². The van der Waals surface area contributed by atoms with Gasteiger partial charge in [-0.3, -0.25) is 9.69 Å². The second-order valence-corrected chi connectivity index (χ2v) is 5.08. The zero-order chi connectivity index (χ0) is 13.1. The maximum absolute atomic E-state index is 12.0. The first-order chi connectivity index (χ1) is 8.56. The van der Waals surface area contributed by atoms with Crippen LogP contribution >= 0.6 is 0 Å². The molecule has 0 radical (unpaired) electrons. The van der Waals surface area contributed by atoms with Gasteiger partial charge >= 0.3 is 0 Å². The second-order valence-electron chi connectivity index (χ2n) is 5.08. The number of phenols is 2. The van der Waals surface area contributed by atoms with Crippen LogP contribution in [0.15, 0.2) is 18.2 Å². The highest BCUT2D eigenvalue weighted by atomic mass is 16.3. The summed E-state index contributed by atoms with van der Waals surface area (Å²) in [5.74, 6) is 0.460. The highest BCUT2D eigenvalue weighted by molar-refractivity contribution is 6.00. The quantitative estimate of drug-likeness (QED) is 0.804. The molecule has 1 heterocycles. The van der Waals surface area contributed by atoms with Gasteiger partial charge in [-0.25, -0.2) is 0 Å². The van der Waals surface area contributed by atoms with E-state index < -0.39 is 0 Å². The predicted octanol–water partition coefficient (Wildman–Crippen LogP) is 2.01. The van der Waals surface area contributed by atoms with Crippen LogP contribution in [0.3, 0.4) is 0 Å². The largest absolute Gasteiger partial charge is 0.508 e. The van der Waals surface area contributed by atoms with E-state index in [0.29, 0.717) is 6.54 Å². The maximum Gasteiger partial charge on any atom is 0.180 e. The van der Waals surface area contributed by atoms with E-state index >= 15 is 0 Å². The van der Waals surface area contributed by atoms with Crippen molar-refractivity contribution in [1.82, 2.24) is 4.90 Å². The molecule has 0 aliphatic carbocycles. The molecular formula is C14H19NO3. The van der Waals surface area contributed by atoms with Crippen molar-refractivity contribution in [2.75, 3.05) is 19.6 Å². The molecule has 1 aliphatic heterocycles. The number of carbonyl (C=O) groups excluding carboxylic acids is 1. The smallest absolute Gasteiger partial charge is 0.180 e. The Bertz CT molecular complexity index is 437. The number of benzene rings is 1. The van der Waals surface area contributed by atoms with Gasteiger partial charge in [0.15, 0.2) is 5.78 Å². The topological polar surface area (TPSA) is 60.8 Å². The molecule has 2 rings (SSSR count). The van der Waals surface area contributed by atoms with Crippen molar-refractivity contribution in [3.8, 4) is 11.5 Å². The lowest BCUT2D eigenvalue weighted by molar-refractivity contribution is 0.0897. The molecule has 0 atom stereocenters. The highest BCUT2D eigenvalue weighted by Gasteiger charge is 2.20. The zero-order valence-electron chi connectivity index (χ0n) is 10.6. The fourth-order valence-corrected chi connectivity index (χ4v) is 2.26. The van der Waals surface area contributed by atoms with Crippen LogP contribution in [0.5, 0.6) is 11.5 Å². The number of carbonyl (C=O) groups is 1. The lowest BCUT2D eigenvalue weighted by Crippen LogP contribution is -2.36. The molecule has 4 heteroatoms. The van der Waals surface area contributed by atoms with E-state index in [1.165, 1.54) is 18.2 Å². The van der Waals surface area contributed by atoms with Crippen molar-refractivity contribution in [2.24, 2.45) is 5.92 Å². The Hall–Kier alpha value is -1.55. The predicted molar refractivity (Wildman–Crippen MR) is 68.9 cm³/mol. The Morgan fingerprint density at radius 1 is 1.33 bits per heavy atom. The molecule has 0 aromatic heterocycles. The number of Topliss-reactive ketones (excluding diaryl/α,β-unsaturated/α-hetero) is 1. The van der Waals surface area contributed by atoms with Gasteiger partial charge in [0.2, 0.25) is 0 Å². The van der Waals surface area contributed by atoms with Gasteiger partial charge in [-0.05, 0) is 44.0 Å². The molecule has 0 bridgehead atoms. The summed E-state index contributed by atoms with van der Waals surface area (Å²) in [6.07, 6.45) is 2.24. The van der Waals surface area contributed by atoms with Gasteiger partial charge in [0, 0.05) is 6.07 Å². The van der Waals surface area contributed by atoms with E-state index in [9.17, 15) is 15.0 Å². The molecule has 1 aromatic carbocycles. The van der Waals surface area contributed by atoms with Crippen molar-refractivity contribution >= 4 is 5.78 Å². The molecule has 0 amide bonds. The van der Waals surface area contributed by atoms with Gasteiger partial charge in [0.1, 0.15) is 11.5 Å². The number of likely N-dealkylation sites (tertiary alicyclic amines) is 1. The second kappa shape index (κ2) is 5.40. The van der Waals surface area contributed by atoms with Crippen molar-refractivity contribution in [1.29, 1.82) is 0 Å². The van der Waals surface area contributed by atoms with Gasteiger partial charge in [0.25, 0.3) is 0 Å². The van der Waals surface area contributed by atoms with Gasteiger partial charge in [-0.1, -0.05) is 6.92 Å². The third-order valence-electron chi connectivity index (χ3n) is 3.53. The third-order valence-corrected chi connectivity index (χ3v) is 3.53. The summed E-state index contributed by atoms with van der Waals surface area (Å²) in [5.41, 5.74) is 0.284. The number of ketones is 1. The summed E-state index contributed by atoms with van der Waals surface area (Å²) < 4.78 is 0. The minimum Gasteiger partial charge on any atom is -0.508 e. The molecule has 1 aliphatic rings. The van der Waals surface area contributed by atoms with E-state index in [2.05, 4.69) is 11.8 Å². The molecule has 1 saturated heterocycles. The van der Waals surface area contributed by atoms with E-state index in [-0.39, 0.29) is 22.8 Å².